The molecule has 0 aliphatic carbocycles. The Morgan fingerprint density at radius 3 is 2.60 bits per heavy atom. The van der Waals surface area contributed by atoms with Crippen molar-refractivity contribution in [1.29, 1.82) is 0 Å². The molecule has 0 unspecified atom stereocenters. The highest BCUT2D eigenvalue weighted by molar-refractivity contribution is 7.98. The van der Waals surface area contributed by atoms with E-state index in [4.69, 9.17) is 25.5 Å². The first-order valence-corrected chi connectivity index (χ1v) is 8.95. The van der Waals surface area contributed by atoms with Gasteiger partial charge in [0.15, 0.2) is 11.5 Å². The first-order valence-electron chi connectivity index (χ1n) is 7.58. The summed E-state index contributed by atoms with van der Waals surface area (Å²) < 4.78 is 16.3. The van der Waals surface area contributed by atoms with Gasteiger partial charge in [-0.2, -0.15) is 0 Å². The SMILES string of the molecule is COc1ccc(Cc2nnc(SCc3cccc(Cl)c3)o2)cc1OC. The van der Waals surface area contributed by atoms with Gasteiger partial charge >= 0.3 is 0 Å². The zero-order valence-corrected chi connectivity index (χ0v) is 15.4. The summed E-state index contributed by atoms with van der Waals surface area (Å²) in [7, 11) is 3.22. The fourth-order valence-electron chi connectivity index (χ4n) is 2.31. The van der Waals surface area contributed by atoms with Crippen LogP contribution < -0.4 is 9.47 Å². The number of nitrogens with zero attached hydrogens (tertiary/aromatic N) is 2. The number of thioether (sulfide) groups is 1. The maximum atomic E-state index is 5.99. The quantitative estimate of drug-likeness (QED) is 0.560. The van der Waals surface area contributed by atoms with E-state index < -0.39 is 0 Å². The first-order chi connectivity index (χ1) is 12.2. The standard InChI is InChI=1S/C18H17ClN2O3S/c1-22-15-7-6-12(9-16(15)23-2)10-17-20-21-18(24-17)25-11-13-4-3-5-14(19)8-13/h3-9H,10-11H2,1-2H3. The second kappa shape index (κ2) is 8.27. The van der Waals surface area contributed by atoms with Gasteiger partial charge in [0.2, 0.25) is 5.89 Å². The number of ether oxygens (including phenoxy) is 2. The van der Waals surface area contributed by atoms with Crippen molar-refractivity contribution in [2.24, 2.45) is 0 Å². The summed E-state index contributed by atoms with van der Waals surface area (Å²) in [6.07, 6.45) is 0.533. The van der Waals surface area contributed by atoms with Gasteiger partial charge in [0.1, 0.15) is 0 Å². The summed E-state index contributed by atoms with van der Waals surface area (Å²) >= 11 is 7.47. The topological polar surface area (TPSA) is 57.4 Å². The molecule has 0 saturated carbocycles. The molecule has 7 heteroatoms. The molecule has 0 aliphatic heterocycles. The molecule has 0 atom stereocenters. The largest absolute Gasteiger partial charge is 0.493 e. The van der Waals surface area contributed by atoms with Crippen LogP contribution in [0.5, 0.6) is 11.5 Å². The van der Waals surface area contributed by atoms with Crippen molar-refractivity contribution in [2.45, 2.75) is 17.4 Å². The highest BCUT2D eigenvalue weighted by Crippen LogP contribution is 2.29. The van der Waals surface area contributed by atoms with Crippen molar-refractivity contribution in [2.75, 3.05) is 14.2 Å². The normalized spacial score (nSPS) is 10.7. The van der Waals surface area contributed by atoms with E-state index >= 15 is 0 Å². The summed E-state index contributed by atoms with van der Waals surface area (Å²) in [5.74, 6) is 2.64. The molecule has 0 aliphatic rings. The number of rotatable bonds is 7. The molecule has 0 fully saturated rings. The lowest BCUT2D eigenvalue weighted by atomic mass is 10.1. The summed E-state index contributed by atoms with van der Waals surface area (Å²) in [5, 5.41) is 9.44. The number of aromatic nitrogens is 2. The number of methoxy groups -OCH3 is 2. The van der Waals surface area contributed by atoms with Crippen LogP contribution in [0.4, 0.5) is 0 Å². The smallest absolute Gasteiger partial charge is 0.276 e. The zero-order valence-electron chi connectivity index (χ0n) is 13.9. The van der Waals surface area contributed by atoms with Crippen molar-refractivity contribution in [3.8, 4) is 11.5 Å². The third-order valence-electron chi connectivity index (χ3n) is 3.50. The number of benzene rings is 2. The third-order valence-corrected chi connectivity index (χ3v) is 4.63. The Kier molecular flexibility index (Phi) is 5.83. The first kappa shape index (κ1) is 17.6. The molecule has 25 heavy (non-hydrogen) atoms. The van der Waals surface area contributed by atoms with Crippen LogP contribution in [0.2, 0.25) is 5.02 Å². The Morgan fingerprint density at radius 2 is 1.84 bits per heavy atom. The molecule has 0 saturated heterocycles. The Morgan fingerprint density at radius 1 is 1.00 bits per heavy atom. The molecule has 0 spiro atoms. The molecule has 0 N–H and O–H groups in total. The summed E-state index contributed by atoms with van der Waals surface area (Å²) in [6.45, 7) is 0. The van der Waals surface area contributed by atoms with Gasteiger partial charge in [-0.05, 0) is 35.4 Å². The number of hydrogen-bond acceptors (Lipinski definition) is 6. The van der Waals surface area contributed by atoms with Gasteiger partial charge in [0.25, 0.3) is 5.22 Å². The zero-order chi connectivity index (χ0) is 17.6. The van der Waals surface area contributed by atoms with Gasteiger partial charge in [-0.15, -0.1) is 10.2 Å². The van der Waals surface area contributed by atoms with Crippen LogP contribution >= 0.6 is 23.4 Å². The second-order valence-electron chi connectivity index (χ2n) is 5.25. The van der Waals surface area contributed by atoms with Crippen molar-refractivity contribution >= 4 is 23.4 Å². The Labute approximate surface area is 155 Å². The summed E-state index contributed by atoms with van der Waals surface area (Å²) in [5.41, 5.74) is 2.12. The Bertz CT molecular complexity index is 854. The van der Waals surface area contributed by atoms with Gasteiger partial charge in [0.05, 0.1) is 20.6 Å². The minimum absolute atomic E-state index is 0.533. The van der Waals surface area contributed by atoms with E-state index in [0.29, 0.717) is 29.0 Å². The number of hydrogen-bond donors (Lipinski definition) is 0. The monoisotopic (exact) mass is 376 g/mol. The van der Waals surface area contributed by atoms with Gasteiger partial charge in [-0.1, -0.05) is 41.6 Å². The van der Waals surface area contributed by atoms with E-state index in [9.17, 15) is 0 Å². The number of halogens is 1. The van der Waals surface area contributed by atoms with Crippen LogP contribution in [0.15, 0.2) is 52.1 Å². The van der Waals surface area contributed by atoms with Crippen LogP contribution in [0.1, 0.15) is 17.0 Å². The molecule has 0 amide bonds. The molecular weight excluding hydrogens is 360 g/mol. The third kappa shape index (κ3) is 4.67. The predicted octanol–water partition coefficient (Wildman–Crippen LogP) is 4.62. The molecule has 0 radical (unpaired) electrons. The molecule has 1 heterocycles. The van der Waals surface area contributed by atoms with Crippen LogP contribution in [0, 0.1) is 0 Å². The van der Waals surface area contributed by atoms with E-state index in [2.05, 4.69) is 10.2 Å². The summed E-state index contributed by atoms with van der Waals surface area (Å²) in [6, 6.07) is 13.4. The lowest BCUT2D eigenvalue weighted by molar-refractivity contribution is 0.354. The molecule has 130 valence electrons. The van der Waals surface area contributed by atoms with Gasteiger partial charge in [-0.3, -0.25) is 0 Å². The molecule has 1 aromatic heterocycles. The fourth-order valence-corrected chi connectivity index (χ4v) is 3.24. The van der Waals surface area contributed by atoms with Crippen LogP contribution in [-0.4, -0.2) is 24.4 Å². The van der Waals surface area contributed by atoms with Gasteiger partial charge in [-0.25, -0.2) is 0 Å². The van der Waals surface area contributed by atoms with Crippen molar-refractivity contribution in [3.63, 3.8) is 0 Å². The van der Waals surface area contributed by atoms with Crippen molar-refractivity contribution in [3.05, 3.63) is 64.5 Å². The van der Waals surface area contributed by atoms with Crippen LogP contribution in [0.25, 0.3) is 0 Å². The highest BCUT2D eigenvalue weighted by Gasteiger charge is 2.10. The summed E-state index contributed by atoms with van der Waals surface area (Å²) in [4.78, 5) is 0. The lowest BCUT2D eigenvalue weighted by Gasteiger charge is -2.08. The Hall–Kier alpha value is -2.18. The van der Waals surface area contributed by atoms with E-state index in [1.807, 2.05) is 42.5 Å². The van der Waals surface area contributed by atoms with Crippen molar-refractivity contribution < 1.29 is 13.9 Å². The molecule has 0 bridgehead atoms. The van der Waals surface area contributed by atoms with Gasteiger partial charge in [0, 0.05) is 10.8 Å². The maximum absolute atomic E-state index is 5.99. The molecule has 3 aromatic rings. The van der Waals surface area contributed by atoms with E-state index in [-0.39, 0.29) is 0 Å². The maximum Gasteiger partial charge on any atom is 0.276 e. The van der Waals surface area contributed by atoms with Crippen molar-refractivity contribution in [1.82, 2.24) is 10.2 Å². The average molecular weight is 377 g/mol. The van der Waals surface area contributed by atoms with Crippen LogP contribution in [-0.2, 0) is 12.2 Å². The van der Waals surface area contributed by atoms with Gasteiger partial charge < -0.3 is 13.9 Å². The second-order valence-corrected chi connectivity index (χ2v) is 6.61. The van der Waals surface area contributed by atoms with E-state index in [1.54, 1.807) is 14.2 Å². The highest BCUT2D eigenvalue weighted by atomic mass is 35.5. The van der Waals surface area contributed by atoms with Crippen LogP contribution in [0.3, 0.4) is 0 Å². The predicted molar refractivity (Wildman–Crippen MR) is 97.7 cm³/mol. The fraction of sp³-hybridized carbons (Fsp3) is 0.222. The minimum Gasteiger partial charge on any atom is -0.493 e. The molecule has 3 rings (SSSR count). The molecular formula is C18H17ClN2O3S. The lowest BCUT2D eigenvalue weighted by Crippen LogP contribution is -1.94. The van der Waals surface area contributed by atoms with E-state index in [0.717, 1.165) is 21.9 Å². The Balaban J connectivity index is 1.63. The van der Waals surface area contributed by atoms with E-state index in [1.165, 1.54) is 11.8 Å². The minimum atomic E-state index is 0.533. The average Bonchev–Trinajstić information content (AvgIpc) is 3.07. The molecule has 2 aromatic carbocycles. The molecule has 5 nitrogen and oxygen atoms in total.